The van der Waals surface area contributed by atoms with Crippen LogP contribution in [0.1, 0.15) is 6.92 Å². The highest BCUT2D eigenvalue weighted by Crippen LogP contribution is 1.78. The fourth-order valence-corrected chi connectivity index (χ4v) is 0.479. The second-order valence-electron chi connectivity index (χ2n) is 1.89. The summed E-state index contributed by atoms with van der Waals surface area (Å²) in [5.74, 6) is 4.35. The van der Waals surface area contributed by atoms with Crippen LogP contribution < -0.4 is 5.84 Å². The van der Waals surface area contributed by atoms with Gasteiger partial charge in [-0.2, -0.15) is 0 Å². The van der Waals surface area contributed by atoms with Crippen LogP contribution in [0.25, 0.3) is 0 Å². The molecule has 0 aliphatic rings. The molecule has 0 saturated heterocycles. The maximum Gasteiger partial charge on any atom is 0.319 e. The average molecular weight is 144 g/mol. The van der Waals surface area contributed by atoms with Crippen LogP contribution in [0.3, 0.4) is 0 Å². The Hall–Kier alpha value is -0.870. The zero-order valence-corrected chi connectivity index (χ0v) is 5.95. The third-order valence-corrected chi connectivity index (χ3v) is 0.914. The molecule has 0 fully saturated rings. The molecule has 0 aromatic carbocycles. The predicted octanol–water partition coefficient (Wildman–Crippen LogP) is -0.177. The van der Waals surface area contributed by atoms with E-state index in [4.69, 9.17) is 10.9 Å². The molecule has 0 bridgehead atoms. The number of nitrogens with two attached hydrogens (primary N) is 1. The molecule has 4 heteroatoms. The molecule has 0 aromatic rings. The van der Waals surface area contributed by atoms with E-state index in [0.717, 1.165) is 0 Å². The summed E-state index contributed by atoms with van der Waals surface area (Å²) < 4.78 is 0. The number of aliphatic carboxylic acids is 1. The Bertz CT molecular complexity index is 134. The van der Waals surface area contributed by atoms with E-state index in [0.29, 0.717) is 6.54 Å². The monoisotopic (exact) mass is 144 g/mol. The zero-order valence-electron chi connectivity index (χ0n) is 5.95. The summed E-state index contributed by atoms with van der Waals surface area (Å²) in [6.45, 7) is 2.21. The van der Waals surface area contributed by atoms with E-state index in [1.165, 1.54) is 5.01 Å². The molecule has 0 aliphatic carbocycles. The number of allylic oxidation sites excluding steroid dienone is 1. The van der Waals surface area contributed by atoms with Gasteiger partial charge in [-0.3, -0.25) is 10.6 Å². The smallest absolute Gasteiger partial charge is 0.319 e. The molecule has 4 nitrogen and oxygen atoms in total. The lowest BCUT2D eigenvalue weighted by atomic mass is 10.5. The van der Waals surface area contributed by atoms with Gasteiger partial charge in [0, 0.05) is 6.54 Å². The van der Waals surface area contributed by atoms with E-state index in [2.05, 4.69) is 0 Å². The summed E-state index contributed by atoms with van der Waals surface area (Å²) in [6.07, 6.45) is 3.62. The summed E-state index contributed by atoms with van der Waals surface area (Å²) in [4.78, 5) is 10.0. The highest BCUT2D eigenvalue weighted by atomic mass is 16.4. The molecule has 0 heterocycles. The summed E-state index contributed by atoms with van der Waals surface area (Å²) in [5.41, 5.74) is 0. The van der Waals surface area contributed by atoms with Gasteiger partial charge >= 0.3 is 5.97 Å². The molecule has 0 unspecified atom stereocenters. The van der Waals surface area contributed by atoms with Crippen LogP contribution in [0.2, 0.25) is 0 Å². The topological polar surface area (TPSA) is 66.6 Å². The van der Waals surface area contributed by atoms with Crippen molar-refractivity contribution in [1.82, 2.24) is 5.01 Å². The van der Waals surface area contributed by atoms with Crippen LogP contribution in [-0.4, -0.2) is 29.2 Å². The van der Waals surface area contributed by atoms with Gasteiger partial charge in [0.2, 0.25) is 0 Å². The number of carboxylic acid groups (broad SMARTS) is 1. The van der Waals surface area contributed by atoms with Crippen molar-refractivity contribution in [2.75, 3.05) is 13.1 Å². The van der Waals surface area contributed by atoms with Crippen molar-refractivity contribution < 1.29 is 9.90 Å². The van der Waals surface area contributed by atoms with Gasteiger partial charge < -0.3 is 5.11 Å². The Balaban J connectivity index is 3.43. The third-order valence-electron chi connectivity index (χ3n) is 0.914. The Morgan fingerprint density at radius 1 is 1.80 bits per heavy atom. The van der Waals surface area contributed by atoms with E-state index in [-0.39, 0.29) is 6.54 Å². The van der Waals surface area contributed by atoms with Crippen molar-refractivity contribution in [2.24, 2.45) is 5.84 Å². The van der Waals surface area contributed by atoms with Crippen molar-refractivity contribution in [1.29, 1.82) is 0 Å². The van der Waals surface area contributed by atoms with Crippen molar-refractivity contribution in [2.45, 2.75) is 6.92 Å². The minimum Gasteiger partial charge on any atom is -0.480 e. The van der Waals surface area contributed by atoms with E-state index >= 15 is 0 Å². The Morgan fingerprint density at radius 3 is 2.80 bits per heavy atom. The number of carbonyl (C=O) groups is 1. The van der Waals surface area contributed by atoms with E-state index in [1.807, 2.05) is 13.0 Å². The van der Waals surface area contributed by atoms with Crippen LogP contribution >= 0.6 is 0 Å². The summed E-state index contributed by atoms with van der Waals surface area (Å²) in [6, 6.07) is 0. The van der Waals surface area contributed by atoms with Crippen LogP contribution in [0.15, 0.2) is 12.2 Å². The van der Waals surface area contributed by atoms with Crippen LogP contribution in [0.5, 0.6) is 0 Å². The van der Waals surface area contributed by atoms with Gasteiger partial charge in [-0.15, -0.1) is 0 Å². The number of carboxylic acids is 1. The van der Waals surface area contributed by atoms with E-state index < -0.39 is 5.97 Å². The SMILES string of the molecule is C/C=C\CN(N)CC(=O)O. The van der Waals surface area contributed by atoms with Gasteiger partial charge in [0.15, 0.2) is 0 Å². The second-order valence-corrected chi connectivity index (χ2v) is 1.89. The Labute approximate surface area is 59.9 Å². The van der Waals surface area contributed by atoms with E-state index in [1.54, 1.807) is 6.08 Å². The van der Waals surface area contributed by atoms with Gasteiger partial charge in [0.05, 0.1) is 0 Å². The van der Waals surface area contributed by atoms with Crippen molar-refractivity contribution in [3.63, 3.8) is 0 Å². The van der Waals surface area contributed by atoms with Crippen LogP contribution in [0.4, 0.5) is 0 Å². The molecular weight excluding hydrogens is 132 g/mol. The third kappa shape index (κ3) is 5.27. The molecule has 0 aliphatic heterocycles. The quantitative estimate of drug-likeness (QED) is 0.326. The predicted molar refractivity (Wildman–Crippen MR) is 38.2 cm³/mol. The lowest BCUT2D eigenvalue weighted by molar-refractivity contribution is -0.138. The molecule has 0 spiro atoms. The van der Waals surface area contributed by atoms with Crippen LogP contribution in [-0.2, 0) is 4.79 Å². The molecular formula is C6H12N2O2. The van der Waals surface area contributed by atoms with Gasteiger partial charge in [-0.25, -0.2) is 5.01 Å². The lowest BCUT2D eigenvalue weighted by Gasteiger charge is -2.09. The zero-order chi connectivity index (χ0) is 7.98. The summed E-state index contributed by atoms with van der Waals surface area (Å²) in [5, 5.41) is 9.46. The molecule has 0 radical (unpaired) electrons. The fraction of sp³-hybridized carbons (Fsp3) is 0.500. The van der Waals surface area contributed by atoms with Gasteiger partial charge in [-0.05, 0) is 6.92 Å². The minimum atomic E-state index is -0.910. The Kier molecular flexibility index (Phi) is 4.53. The minimum absolute atomic E-state index is 0.121. The lowest BCUT2D eigenvalue weighted by Crippen LogP contribution is -2.35. The summed E-state index contributed by atoms with van der Waals surface area (Å²) in [7, 11) is 0. The van der Waals surface area contributed by atoms with E-state index in [9.17, 15) is 4.79 Å². The molecule has 0 aromatic heterocycles. The summed E-state index contributed by atoms with van der Waals surface area (Å²) >= 11 is 0. The first-order valence-electron chi connectivity index (χ1n) is 2.99. The molecule has 0 amide bonds. The standard InChI is InChI=1S/C6H12N2O2/c1-2-3-4-8(7)5-6(9)10/h2-3H,4-5,7H2,1H3,(H,9,10)/b3-2-. The molecule has 0 saturated carbocycles. The number of hydrogen-bond acceptors (Lipinski definition) is 3. The highest BCUT2D eigenvalue weighted by Gasteiger charge is 2.00. The number of rotatable bonds is 4. The number of hydrazine groups is 1. The molecule has 0 atom stereocenters. The van der Waals surface area contributed by atoms with Crippen molar-refractivity contribution in [3.05, 3.63) is 12.2 Å². The average Bonchev–Trinajstić information content (AvgIpc) is 1.82. The number of nitrogens with zero attached hydrogens (tertiary/aromatic N) is 1. The van der Waals surface area contributed by atoms with Gasteiger partial charge in [0.1, 0.15) is 6.54 Å². The Morgan fingerprint density at radius 2 is 2.40 bits per heavy atom. The first kappa shape index (κ1) is 9.13. The van der Waals surface area contributed by atoms with Gasteiger partial charge in [-0.1, -0.05) is 12.2 Å². The highest BCUT2D eigenvalue weighted by molar-refractivity contribution is 5.68. The fourth-order valence-electron chi connectivity index (χ4n) is 0.479. The maximum absolute atomic E-state index is 10.0. The largest absolute Gasteiger partial charge is 0.480 e. The van der Waals surface area contributed by atoms with Crippen molar-refractivity contribution >= 4 is 5.97 Å². The van der Waals surface area contributed by atoms with Gasteiger partial charge in [0.25, 0.3) is 0 Å². The van der Waals surface area contributed by atoms with Crippen LogP contribution in [0, 0.1) is 0 Å². The second kappa shape index (κ2) is 4.96. The first-order valence-corrected chi connectivity index (χ1v) is 2.99. The number of hydrogen-bond donors (Lipinski definition) is 2. The molecule has 0 rings (SSSR count). The first-order chi connectivity index (χ1) is 4.66. The molecule has 10 heavy (non-hydrogen) atoms. The van der Waals surface area contributed by atoms with Crippen molar-refractivity contribution in [3.8, 4) is 0 Å². The molecule has 58 valence electrons. The maximum atomic E-state index is 10.0. The normalized spacial score (nSPS) is 11.1. The molecule has 3 N–H and O–H groups in total.